The Bertz CT molecular complexity index is 530. The lowest BCUT2D eigenvalue weighted by Gasteiger charge is -2.47. The average Bonchev–Trinajstić information content (AvgIpc) is 3.21. The zero-order chi connectivity index (χ0) is 17.9. The molecule has 24 heavy (non-hydrogen) atoms. The molecule has 1 aliphatic heterocycles. The summed E-state index contributed by atoms with van der Waals surface area (Å²) in [4.78, 5) is 4.97. The third-order valence-electron chi connectivity index (χ3n) is 6.06. The van der Waals surface area contributed by atoms with E-state index in [4.69, 9.17) is 9.47 Å². The molecule has 3 rings (SSSR count). The third-order valence-corrected chi connectivity index (χ3v) is 6.06. The fourth-order valence-electron chi connectivity index (χ4n) is 4.85. The van der Waals surface area contributed by atoms with Crippen LogP contribution in [0.2, 0.25) is 0 Å². The van der Waals surface area contributed by atoms with Crippen molar-refractivity contribution in [1.29, 1.82) is 0 Å². The molecule has 0 aromatic rings. The number of hydrogen-bond donors (Lipinski definition) is 0. The molecule has 4 nitrogen and oxygen atoms in total. The van der Waals surface area contributed by atoms with Crippen LogP contribution in [0.5, 0.6) is 0 Å². The summed E-state index contributed by atoms with van der Waals surface area (Å²) in [6.45, 7) is 22.4. The first-order valence-electron chi connectivity index (χ1n) is 9.16. The normalized spacial score (nSPS) is 38.3. The largest absolute Gasteiger partial charge is 0.501 e. The molecular weight excluding hydrogens is 300 g/mol. The van der Waals surface area contributed by atoms with Gasteiger partial charge in [0.1, 0.15) is 5.60 Å². The second kappa shape index (κ2) is 5.42. The highest BCUT2D eigenvalue weighted by atomic mass is 16.5. The van der Waals surface area contributed by atoms with Crippen molar-refractivity contribution in [3.63, 3.8) is 0 Å². The van der Waals surface area contributed by atoms with Gasteiger partial charge in [-0.1, -0.05) is 6.58 Å². The van der Waals surface area contributed by atoms with Gasteiger partial charge in [0.2, 0.25) is 0 Å². The minimum absolute atomic E-state index is 0.200. The molecule has 0 spiro atoms. The molecule has 0 aromatic carbocycles. The van der Waals surface area contributed by atoms with Crippen molar-refractivity contribution in [2.75, 3.05) is 26.7 Å². The second-order valence-corrected chi connectivity index (χ2v) is 9.25. The lowest BCUT2D eigenvalue weighted by molar-refractivity contribution is -0.0453. The zero-order valence-electron chi connectivity index (χ0n) is 16.3. The van der Waals surface area contributed by atoms with Gasteiger partial charge in [-0.05, 0) is 59.5 Å². The molecular formula is C20H34N2O2. The highest BCUT2D eigenvalue weighted by molar-refractivity contribution is 5.41. The molecule has 0 N–H and O–H groups in total. The van der Waals surface area contributed by atoms with E-state index in [1.54, 1.807) is 7.11 Å². The first kappa shape index (κ1) is 17.7. The molecule has 136 valence electrons. The summed E-state index contributed by atoms with van der Waals surface area (Å²) in [7, 11) is 1.75. The minimum Gasteiger partial charge on any atom is -0.501 e. The first-order chi connectivity index (χ1) is 11.0. The number of fused-ring (bicyclic) bond motifs is 1. The quantitative estimate of drug-likeness (QED) is 0.693. The van der Waals surface area contributed by atoms with Crippen LogP contribution in [0.25, 0.3) is 0 Å². The molecule has 2 atom stereocenters. The number of piperazine rings is 1. The van der Waals surface area contributed by atoms with Crippen molar-refractivity contribution >= 4 is 0 Å². The molecule has 0 radical (unpaired) electrons. The molecule has 0 bridgehead atoms. The monoisotopic (exact) mass is 334 g/mol. The number of ether oxygens (including phenoxy) is 2. The summed E-state index contributed by atoms with van der Waals surface area (Å²) in [5.74, 6) is 1.80. The Labute approximate surface area is 147 Å². The van der Waals surface area contributed by atoms with Gasteiger partial charge >= 0.3 is 0 Å². The van der Waals surface area contributed by atoms with E-state index in [2.05, 4.69) is 57.6 Å². The maximum atomic E-state index is 6.02. The SMILES string of the molecule is C=C(OC(C)(C)C)N1C(C)CN(CC23CC2(C(=C)OC)C3)CC1C. The van der Waals surface area contributed by atoms with E-state index >= 15 is 0 Å². The molecule has 3 aliphatic rings. The Kier molecular flexibility index (Phi) is 3.99. The van der Waals surface area contributed by atoms with Crippen LogP contribution < -0.4 is 0 Å². The van der Waals surface area contributed by atoms with Gasteiger partial charge < -0.3 is 14.4 Å². The Morgan fingerprint density at radius 1 is 1.12 bits per heavy atom. The summed E-state index contributed by atoms with van der Waals surface area (Å²) in [6.07, 6.45) is 2.52. The molecule has 1 heterocycles. The summed E-state index contributed by atoms with van der Waals surface area (Å²) in [6, 6.07) is 0.829. The minimum atomic E-state index is -0.200. The predicted octanol–water partition coefficient (Wildman–Crippen LogP) is 3.61. The third kappa shape index (κ3) is 2.83. The number of methoxy groups -OCH3 is 1. The number of allylic oxidation sites excluding steroid dienone is 1. The average molecular weight is 335 g/mol. The van der Waals surface area contributed by atoms with Crippen molar-refractivity contribution in [3.05, 3.63) is 24.8 Å². The van der Waals surface area contributed by atoms with Gasteiger partial charge in [0.25, 0.3) is 0 Å². The van der Waals surface area contributed by atoms with E-state index in [9.17, 15) is 0 Å². The second-order valence-electron chi connectivity index (χ2n) is 9.25. The molecule has 1 saturated heterocycles. The first-order valence-corrected chi connectivity index (χ1v) is 9.16. The van der Waals surface area contributed by atoms with Gasteiger partial charge in [-0.25, -0.2) is 0 Å². The Morgan fingerprint density at radius 3 is 2.12 bits per heavy atom. The van der Waals surface area contributed by atoms with Gasteiger partial charge in [0, 0.05) is 37.1 Å². The van der Waals surface area contributed by atoms with Gasteiger partial charge in [-0.3, -0.25) is 4.90 Å². The number of hydrogen-bond acceptors (Lipinski definition) is 4. The Morgan fingerprint density at radius 2 is 1.67 bits per heavy atom. The molecule has 2 saturated carbocycles. The molecule has 0 amide bonds. The Hall–Kier alpha value is -1.16. The van der Waals surface area contributed by atoms with Crippen molar-refractivity contribution in [1.82, 2.24) is 9.80 Å². The molecule has 2 aliphatic carbocycles. The van der Waals surface area contributed by atoms with Crippen molar-refractivity contribution in [2.24, 2.45) is 10.8 Å². The number of rotatable bonds is 6. The number of nitrogens with zero attached hydrogens (tertiary/aromatic N) is 2. The fraction of sp³-hybridized carbons (Fsp3) is 0.800. The van der Waals surface area contributed by atoms with Gasteiger partial charge in [0.15, 0.2) is 5.88 Å². The van der Waals surface area contributed by atoms with E-state index in [-0.39, 0.29) is 5.60 Å². The lowest BCUT2D eigenvalue weighted by atomic mass is 10.1. The van der Waals surface area contributed by atoms with Crippen LogP contribution in [0, 0.1) is 10.8 Å². The highest BCUT2D eigenvalue weighted by Gasteiger charge is 2.85. The van der Waals surface area contributed by atoms with Crippen LogP contribution in [0.15, 0.2) is 24.8 Å². The topological polar surface area (TPSA) is 24.9 Å². The lowest BCUT2D eigenvalue weighted by Crippen LogP contribution is -2.57. The Balaban J connectivity index is 1.57. The van der Waals surface area contributed by atoms with Gasteiger partial charge in [-0.15, -0.1) is 0 Å². The molecule has 4 heteroatoms. The smallest absolute Gasteiger partial charge is 0.182 e. The predicted molar refractivity (Wildman–Crippen MR) is 97.4 cm³/mol. The summed E-state index contributed by atoms with van der Waals surface area (Å²) in [5.41, 5.74) is 0.569. The van der Waals surface area contributed by atoms with E-state index in [0.717, 1.165) is 24.7 Å². The fourth-order valence-corrected chi connectivity index (χ4v) is 4.85. The molecule has 2 unspecified atom stereocenters. The van der Waals surface area contributed by atoms with Gasteiger partial charge in [-0.2, -0.15) is 0 Å². The van der Waals surface area contributed by atoms with E-state index in [0.29, 0.717) is 22.9 Å². The van der Waals surface area contributed by atoms with Crippen LogP contribution in [0.3, 0.4) is 0 Å². The maximum absolute atomic E-state index is 6.02. The van der Waals surface area contributed by atoms with Crippen LogP contribution >= 0.6 is 0 Å². The van der Waals surface area contributed by atoms with E-state index in [1.165, 1.54) is 19.4 Å². The summed E-state index contributed by atoms with van der Waals surface area (Å²) < 4.78 is 11.4. The highest BCUT2D eigenvalue weighted by Crippen LogP contribution is 2.88. The molecule has 0 aromatic heterocycles. The van der Waals surface area contributed by atoms with Crippen LogP contribution in [0.1, 0.15) is 47.5 Å². The maximum Gasteiger partial charge on any atom is 0.182 e. The van der Waals surface area contributed by atoms with E-state index < -0.39 is 0 Å². The van der Waals surface area contributed by atoms with Crippen LogP contribution in [0.4, 0.5) is 0 Å². The summed E-state index contributed by atoms with van der Waals surface area (Å²) >= 11 is 0. The van der Waals surface area contributed by atoms with Crippen molar-refractivity contribution in [2.45, 2.75) is 65.1 Å². The van der Waals surface area contributed by atoms with Crippen LogP contribution in [-0.2, 0) is 9.47 Å². The van der Waals surface area contributed by atoms with Crippen molar-refractivity contribution in [3.8, 4) is 0 Å². The molecule has 3 fully saturated rings. The van der Waals surface area contributed by atoms with Gasteiger partial charge in [0.05, 0.1) is 12.9 Å². The van der Waals surface area contributed by atoms with Crippen LogP contribution in [-0.4, -0.2) is 54.2 Å². The van der Waals surface area contributed by atoms with Crippen molar-refractivity contribution < 1.29 is 9.47 Å². The standard InChI is InChI=1S/C20H34N2O2/c1-14-9-21(13-19-11-20(19,12-19)16(3)23-8)10-15(2)22(14)17(4)24-18(5,6)7/h14-15H,3-4,9-13H2,1-2,5-8H3. The summed E-state index contributed by atoms with van der Waals surface area (Å²) in [5, 5.41) is 0. The zero-order valence-corrected chi connectivity index (χ0v) is 16.3. The van der Waals surface area contributed by atoms with E-state index in [1.807, 2.05) is 0 Å².